The zero-order valence-electron chi connectivity index (χ0n) is 16.4. The Morgan fingerprint density at radius 1 is 1.27 bits per heavy atom. The molecule has 1 heterocycles. The van der Waals surface area contributed by atoms with Crippen molar-refractivity contribution < 1.29 is 17.9 Å². The number of sulfonamides is 1. The molecule has 1 aliphatic rings. The Bertz CT molecular complexity index is 723. The molecule has 1 aliphatic heterocycles. The molecule has 1 amide bonds. The second-order valence-electron chi connectivity index (χ2n) is 8.05. The molecule has 1 aromatic carbocycles. The molecule has 0 bridgehead atoms. The highest BCUT2D eigenvalue weighted by molar-refractivity contribution is 7.89. The standard InChI is InChI=1S/C19H30N2O4S/c1-15-8-10-17(11-9-15)26(23,24)21-12-6-7-16(14-21)13-20(5)18(22)25-19(2,3)4/h8-11,16H,6-7,12-14H2,1-5H3. The van der Waals surface area contributed by atoms with Crippen molar-refractivity contribution in [1.82, 2.24) is 9.21 Å². The number of carbonyl (C=O) groups is 1. The first-order chi connectivity index (χ1) is 12.0. The Hall–Kier alpha value is -1.60. The van der Waals surface area contributed by atoms with Crippen LogP contribution in [0.3, 0.4) is 0 Å². The lowest BCUT2D eigenvalue weighted by molar-refractivity contribution is 0.0258. The lowest BCUT2D eigenvalue weighted by Gasteiger charge is -2.34. The molecule has 0 aliphatic carbocycles. The van der Waals surface area contributed by atoms with Crippen molar-refractivity contribution in [3.63, 3.8) is 0 Å². The summed E-state index contributed by atoms with van der Waals surface area (Å²) in [6.07, 6.45) is 1.31. The molecule has 146 valence electrons. The van der Waals surface area contributed by atoms with E-state index in [0.717, 1.165) is 18.4 Å². The molecule has 7 heteroatoms. The molecule has 26 heavy (non-hydrogen) atoms. The van der Waals surface area contributed by atoms with E-state index in [0.29, 0.717) is 24.5 Å². The maximum Gasteiger partial charge on any atom is 0.410 e. The van der Waals surface area contributed by atoms with E-state index in [4.69, 9.17) is 4.74 Å². The van der Waals surface area contributed by atoms with Crippen molar-refractivity contribution >= 4 is 16.1 Å². The van der Waals surface area contributed by atoms with Gasteiger partial charge >= 0.3 is 6.09 Å². The summed E-state index contributed by atoms with van der Waals surface area (Å²) < 4.78 is 32.7. The van der Waals surface area contributed by atoms with Crippen LogP contribution in [0.15, 0.2) is 29.2 Å². The fraction of sp³-hybridized carbons (Fsp3) is 0.632. The van der Waals surface area contributed by atoms with Gasteiger partial charge < -0.3 is 9.64 Å². The van der Waals surface area contributed by atoms with Gasteiger partial charge in [-0.3, -0.25) is 0 Å². The summed E-state index contributed by atoms with van der Waals surface area (Å²) in [5.74, 6) is 0.0986. The Labute approximate surface area is 157 Å². The van der Waals surface area contributed by atoms with Gasteiger partial charge in [0, 0.05) is 26.7 Å². The van der Waals surface area contributed by atoms with Crippen LogP contribution in [0.25, 0.3) is 0 Å². The predicted molar refractivity (Wildman–Crippen MR) is 102 cm³/mol. The van der Waals surface area contributed by atoms with Gasteiger partial charge in [-0.05, 0) is 58.6 Å². The van der Waals surface area contributed by atoms with Gasteiger partial charge in [-0.2, -0.15) is 4.31 Å². The quantitative estimate of drug-likeness (QED) is 0.802. The number of benzene rings is 1. The van der Waals surface area contributed by atoms with Gasteiger partial charge in [0.15, 0.2) is 0 Å². The van der Waals surface area contributed by atoms with Crippen molar-refractivity contribution in [2.45, 2.75) is 51.0 Å². The van der Waals surface area contributed by atoms with E-state index in [1.165, 1.54) is 9.21 Å². The Balaban J connectivity index is 2.02. The number of aryl methyl sites for hydroxylation is 1. The summed E-state index contributed by atoms with van der Waals surface area (Å²) in [6.45, 7) is 8.83. The number of amides is 1. The summed E-state index contributed by atoms with van der Waals surface area (Å²) in [4.78, 5) is 14.0. The largest absolute Gasteiger partial charge is 0.444 e. The number of rotatable bonds is 4. The average Bonchev–Trinajstić information content (AvgIpc) is 2.54. The summed E-state index contributed by atoms with van der Waals surface area (Å²) in [6, 6.07) is 6.93. The fourth-order valence-electron chi connectivity index (χ4n) is 3.06. The van der Waals surface area contributed by atoms with Crippen molar-refractivity contribution in [2.24, 2.45) is 5.92 Å². The van der Waals surface area contributed by atoms with E-state index in [1.54, 1.807) is 19.2 Å². The van der Waals surface area contributed by atoms with Crippen molar-refractivity contribution in [3.05, 3.63) is 29.8 Å². The van der Waals surface area contributed by atoms with Gasteiger partial charge in [0.2, 0.25) is 10.0 Å². The maximum atomic E-state index is 12.9. The number of piperidine rings is 1. The number of carbonyl (C=O) groups excluding carboxylic acids is 1. The Morgan fingerprint density at radius 2 is 1.88 bits per heavy atom. The van der Waals surface area contributed by atoms with E-state index >= 15 is 0 Å². The highest BCUT2D eigenvalue weighted by atomic mass is 32.2. The monoisotopic (exact) mass is 382 g/mol. The highest BCUT2D eigenvalue weighted by Crippen LogP contribution is 2.24. The molecule has 0 saturated carbocycles. The number of hydrogen-bond acceptors (Lipinski definition) is 4. The lowest BCUT2D eigenvalue weighted by Crippen LogP contribution is -2.44. The minimum absolute atomic E-state index is 0.0986. The lowest BCUT2D eigenvalue weighted by atomic mass is 9.99. The zero-order valence-corrected chi connectivity index (χ0v) is 17.2. The topological polar surface area (TPSA) is 66.9 Å². The van der Waals surface area contributed by atoms with Crippen LogP contribution in [0.2, 0.25) is 0 Å². The summed E-state index contributed by atoms with van der Waals surface area (Å²) in [7, 11) is -1.80. The van der Waals surface area contributed by atoms with E-state index in [-0.39, 0.29) is 12.0 Å². The maximum absolute atomic E-state index is 12.9. The van der Waals surface area contributed by atoms with Crippen LogP contribution in [0.5, 0.6) is 0 Å². The van der Waals surface area contributed by atoms with E-state index < -0.39 is 15.6 Å². The van der Waals surface area contributed by atoms with Crippen molar-refractivity contribution in [2.75, 3.05) is 26.7 Å². The minimum atomic E-state index is -3.50. The molecule has 2 rings (SSSR count). The molecule has 6 nitrogen and oxygen atoms in total. The second kappa shape index (κ2) is 7.96. The van der Waals surface area contributed by atoms with Crippen LogP contribution in [0.4, 0.5) is 4.79 Å². The molecule has 0 spiro atoms. The van der Waals surface area contributed by atoms with Gasteiger partial charge in [-0.1, -0.05) is 17.7 Å². The van der Waals surface area contributed by atoms with Gasteiger partial charge in [0.05, 0.1) is 4.90 Å². The average molecular weight is 383 g/mol. The molecule has 0 radical (unpaired) electrons. The molecular formula is C19H30N2O4S. The fourth-order valence-corrected chi connectivity index (χ4v) is 4.61. The van der Waals surface area contributed by atoms with Gasteiger partial charge in [-0.25, -0.2) is 13.2 Å². The van der Waals surface area contributed by atoms with Crippen LogP contribution >= 0.6 is 0 Å². The summed E-state index contributed by atoms with van der Waals surface area (Å²) in [5, 5.41) is 0. The molecule has 0 aromatic heterocycles. The predicted octanol–water partition coefficient (Wildman–Crippen LogP) is 3.26. The number of ether oxygens (including phenoxy) is 1. The zero-order chi connectivity index (χ0) is 19.5. The Morgan fingerprint density at radius 3 is 2.46 bits per heavy atom. The van der Waals surface area contributed by atoms with Gasteiger partial charge in [-0.15, -0.1) is 0 Å². The molecule has 1 unspecified atom stereocenters. The van der Waals surface area contributed by atoms with Crippen LogP contribution < -0.4 is 0 Å². The van der Waals surface area contributed by atoms with Crippen molar-refractivity contribution in [1.29, 1.82) is 0 Å². The van der Waals surface area contributed by atoms with E-state index in [9.17, 15) is 13.2 Å². The normalized spacial score (nSPS) is 19.2. The van der Waals surface area contributed by atoms with Crippen LogP contribution in [-0.2, 0) is 14.8 Å². The molecule has 1 saturated heterocycles. The first kappa shape index (κ1) is 20.7. The SMILES string of the molecule is Cc1ccc(S(=O)(=O)N2CCCC(CN(C)C(=O)OC(C)(C)C)C2)cc1. The van der Waals surface area contributed by atoms with Crippen LogP contribution in [0, 0.1) is 12.8 Å². The first-order valence-corrected chi connectivity index (χ1v) is 10.4. The van der Waals surface area contributed by atoms with Gasteiger partial charge in [0.1, 0.15) is 5.60 Å². The molecule has 1 atom stereocenters. The third-order valence-electron chi connectivity index (χ3n) is 4.38. The third kappa shape index (κ3) is 5.45. The van der Waals surface area contributed by atoms with Crippen molar-refractivity contribution in [3.8, 4) is 0 Å². The third-order valence-corrected chi connectivity index (χ3v) is 6.26. The van der Waals surface area contributed by atoms with E-state index in [2.05, 4.69) is 0 Å². The number of nitrogens with zero attached hydrogens (tertiary/aromatic N) is 2. The minimum Gasteiger partial charge on any atom is -0.444 e. The van der Waals surface area contributed by atoms with E-state index in [1.807, 2.05) is 39.8 Å². The molecule has 0 N–H and O–H groups in total. The highest BCUT2D eigenvalue weighted by Gasteiger charge is 2.31. The van der Waals surface area contributed by atoms with Gasteiger partial charge in [0.25, 0.3) is 0 Å². The smallest absolute Gasteiger partial charge is 0.410 e. The van der Waals surface area contributed by atoms with Crippen LogP contribution in [-0.4, -0.2) is 56.0 Å². The summed E-state index contributed by atoms with van der Waals surface area (Å²) >= 11 is 0. The first-order valence-electron chi connectivity index (χ1n) is 9.00. The Kier molecular flexibility index (Phi) is 6.34. The number of hydrogen-bond donors (Lipinski definition) is 0. The summed E-state index contributed by atoms with van der Waals surface area (Å²) in [5.41, 5.74) is 0.484. The molecule has 1 aromatic rings. The molecule has 1 fully saturated rings. The molecular weight excluding hydrogens is 352 g/mol. The second-order valence-corrected chi connectivity index (χ2v) is 9.98. The van der Waals surface area contributed by atoms with Crippen LogP contribution in [0.1, 0.15) is 39.2 Å².